The van der Waals surface area contributed by atoms with E-state index in [-0.39, 0.29) is 5.28 Å². The predicted octanol–water partition coefficient (Wildman–Crippen LogP) is 10.1. The molecule has 5 aromatic carbocycles. The van der Waals surface area contributed by atoms with Crippen molar-refractivity contribution in [3.63, 3.8) is 0 Å². The van der Waals surface area contributed by atoms with E-state index in [1.807, 2.05) is 11.3 Å². The fraction of sp³-hybridized carbons (Fsp3) is 0. The normalized spacial score (nSPS) is 12.3. The van der Waals surface area contributed by atoms with Crippen molar-refractivity contribution in [3.8, 4) is 5.82 Å². The minimum Gasteiger partial charge on any atom is -0.292 e. The van der Waals surface area contributed by atoms with Gasteiger partial charge in [-0.3, -0.25) is 4.57 Å². The zero-order chi connectivity index (χ0) is 25.0. The molecule has 0 spiro atoms. The van der Waals surface area contributed by atoms with Crippen molar-refractivity contribution < 1.29 is 0 Å². The lowest BCUT2D eigenvalue weighted by atomic mass is 10.00. The standard InChI is InChI=1S/C32H16ClN3S2/c33-32-34-27-21-13-5-8-16-24(21)38-30(27)31(35-32)36-22-14-6-3-11-19(22)25-26-20-12-4-7-15-23(20)37-29(26)18-10-2-1-9-17(18)28(25)36/h1-16H. The van der Waals surface area contributed by atoms with Crippen molar-refractivity contribution in [1.82, 2.24) is 14.5 Å². The van der Waals surface area contributed by atoms with E-state index in [1.54, 1.807) is 11.3 Å². The van der Waals surface area contributed by atoms with Gasteiger partial charge in [0.1, 0.15) is 0 Å². The summed E-state index contributed by atoms with van der Waals surface area (Å²) in [4.78, 5) is 9.60. The van der Waals surface area contributed by atoms with Gasteiger partial charge in [0.25, 0.3) is 0 Å². The molecule has 0 aliphatic carbocycles. The van der Waals surface area contributed by atoms with Crippen molar-refractivity contribution in [3.05, 3.63) is 102 Å². The molecule has 0 saturated heterocycles. The van der Waals surface area contributed by atoms with E-state index in [0.29, 0.717) is 0 Å². The van der Waals surface area contributed by atoms with Crippen LogP contribution in [0, 0.1) is 0 Å². The van der Waals surface area contributed by atoms with Crippen LogP contribution in [0.2, 0.25) is 5.28 Å². The third-order valence-corrected chi connectivity index (χ3v) is 10.1. The second-order valence-corrected chi connectivity index (χ2v) is 12.0. The first-order valence-electron chi connectivity index (χ1n) is 12.4. The molecular formula is C32H16ClN3S2. The Bertz CT molecular complexity index is 2430. The summed E-state index contributed by atoms with van der Waals surface area (Å²) in [5, 5.41) is 8.90. The predicted molar refractivity (Wildman–Crippen MR) is 165 cm³/mol. The Kier molecular flexibility index (Phi) is 4.14. The van der Waals surface area contributed by atoms with Crippen molar-refractivity contribution in [2.75, 3.05) is 0 Å². The number of benzene rings is 5. The molecule has 0 aliphatic heterocycles. The van der Waals surface area contributed by atoms with E-state index in [2.05, 4.69) is 102 Å². The first-order chi connectivity index (χ1) is 18.8. The zero-order valence-electron chi connectivity index (χ0n) is 19.8. The minimum atomic E-state index is 0.258. The number of nitrogens with zero attached hydrogens (tertiary/aromatic N) is 3. The van der Waals surface area contributed by atoms with Crippen molar-refractivity contribution in [1.29, 1.82) is 0 Å². The quantitative estimate of drug-likeness (QED) is 0.193. The highest BCUT2D eigenvalue weighted by molar-refractivity contribution is 7.27. The van der Waals surface area contributed by atoms with E-state index in [0.717, 1.165) is 32.5 Å². The molecule has 9 aromatic rings. The number of thiophene rings is 2. The Morgan fingerprint density at radius 3 is 1.97 bits per heavy atom. The molecule has 4 heterocycles. The number of fused-ring (bicyclic) bond motifs is 13. The monoisotopic (exact) mass is 541 g/mol. The van der Waals surface area contributed by atoms with Crippen LogP contribution in [0.5, 0.6) is 0 Å². The minimum absolute atomic E-state index is 0.258. The average molecular weight is 542 g/mol. The van der Waals surface area contributed by atoms with E-state index in [4.69, 9.17) is 21.6 Å². The molecule has 0 N–H and O–H groups in total. The number of hydrogen-bond donors (Lipinski definition) is 0. The van der Waals surface area contributed by atoms with Crippen LogP contribution < -0.4 is 0 Å². The Balaban J connectivity index is 1.61. The first kappa shape index (κ1) is 21.0. The molecule has 0 aliphatic rings. The molecule has 38 heavy (non-hydrogen) atoms. The Labute approximate surface area is 229 Å². The number of aromatic nitrogens is 3. The maximum Gasteiger partial charge on any atom is 0.225 e. The van der Waals surface area contributed by atoms with Crippen molar-refractivity contribution in [2.45, 2.75) is 0 Å². The molecule has 178 valence electrons. The summed E-state index contributed by atoms with van der Waals surface area (Å²) in [6.45, 7) is 0. The highest BCUT2D eigenvalue weighted by Gasteiger charge is 2.24. The van der Waals surface area contributed by atoms with Gasteiger partial charge in [-0.05, 0) is 29.8 Å². The van der Waals surface area contributed by atoms with Crippen LogP contribution in [0.4, 0.5) is 0 Å². The Hall–Kier alpha value is -4.03. The number of halogens is 1. The summed E-state index contributed by atoms with van der Waals surface area (Å²) in [6, 6.07) is 34.5. The average Bonchev–Trinajstić information content (AvgIpc) is 3.63. The zero-order valence-corrected chi connectivity index (χ0v) is 22.2. The number of hydrogen-bond acceptors (Lipinski definition) is 4. The third-order valence-electron chi connectivity index (χ3n) is 7.53. The van der Waals surface area contributed by atoms with Gasteiger partial charge in [-0.1, -0.05) is 78.9 Å². The fourth-order valence-corrected chi connectivity index (χ4v) is 8.58. The third kappa shape index (κ3) is 2.63. The molecule has 0 saturated carbocycles. The van der Waals surface area contributed by atoms with Crippen LogP contribution in [0.1, 0.15) is 0 Å². The van der Waals surface area contributed by atoms with Crippen LogP contribution >= 0.6 is 34.3 Å². The SMILES string of the molecule is Clc1nc(-n2c3ccccc3c3c4c5ccccc5sc4c4ccccc4c32)c2sc3ccccc3c2n1. The molecule has 9 rings (SSSR count). The van der Waals surface area contributed by atoms with Crippen LogP contribution in [0.25, 0.3) is 78.9 Å². The fourth-order valence-electron chi connectivity index (χ4n) is 6.04. The molecular weight excluding hydrogens is 526 g/mol. The van der Waals surface area contributed by atoms with Crippen LogP contribution in [0.3, 0.4) is 0 Å². The maximum atomic E-state index is 6.65. The summed E-state index contributed by atoms with van der Waals surface area (Å²) in [5.41, 5.74) is 3.17. The summed E-state index contributed by atoms with van der Waals surface area (Å²) < 4.78 is 7.16. The summed E-state index contributed by atoms with van der Waals surface area (Å²) in [7, 11) is 0. The Morgan fingerprint density at radius 2 is 1.16 bits per heavy atom. The van der Waals surface area contributed by atoms with Crippen molar-refractivity contribution in [2.24, 2.45) is 0 Å². The molecule has 3 nitrogen and oxygen atoms in total. The number of para-hydroxylation sites is 1. The van der Waals surface area contributed by atoms with Gasteiger partial charge in [0.05, 0.1) is 21.3 Å². The largest absolute Gasteiger partial charge is 0.292 e. The van der Waals surface area contributed by atoms with E-state index >= 15 is 0 Å². The van der Waals surface area contributed by atoms with Crippen molar-refractivity contribution >= 4 is 107 Å². The Morgan fingerprint density at radius 1 is 0.553 bits per heavy atom. The van der Waals surface area contributed by atoms with Gasteiger partial charge in [0.15, 0.2) is 5.82 Å². The van der Waals surface area contributed by atoms with Gasteiger partial charge < -0.3 is 0 Å². The van der Waals surface area contributed by atoms with Crippen LogP contribution in [0.15, 0.2) is 97.1 Å². The van der Waals surface area contributed by atoms with Gasteiger partial charge >= 0.3 is 0 Å². The van der Waals surface area contributed by atoms with Gasteiger partial charge in [-0.25, -0.2) is 4.98 Å². The second-order valence-electron chi connectivity index (χ2n) is 9.52. The molecule has 0 bridgehead atoms. The van der Waals surface area contributed by atoms with E-state index < -0.39 is 0 Å². The topological polar surface area (TPSA) is 30.7 Å². The first-order valence-corrected chi connectivity index (χ1v) is 14.4. The van der Waals surface area contributed by atoms with Gasteiger partial charge in [-0.15, -0.1) is 22.7 Å². The smallest absolute Gasteiger partial charge is 0.225 e. The van der Waals surface area contributed by atoms with Crippen LogP contribution in [-0.4, -0.2) is 14.5 Å². The molecule has 0 radical (unpaired) electrons. The van der Waals surface area contributed by atoms with Gasteiger partial charge in [0.2, 0.25) is 5.28 Å². The van der Waals surface area contributed by atoms with E-state index in [9.17, 15) is 0 Å². The summed E-state index contributed by atoms with van der Waals surface area (Å²) in [6.07, 6.45) is 0. The van der Waals surface area contributed by atoms with Gasteiger partial charge in [0, 0.05) is 51.8 Å². The molecule has 6 heteroatoms. The van der Waals surface area contributed by atoms with Crippen LogP contribution in [-0.2, 0) is 0 Å². The highest BCUT2D eigenvalue weighted by Crippen LogP contribution is 2.48. The lowest BCUT2D eigenvalue weighted by Crippen LogP contribution is -2.00. The lowest BCUT2D eigenvalue weighted by molar-refractivity contribution is 1.08. The molecule has 0 unspecified atom stereocenters. The molecule has 4 aromatic heterocycles. The second kappa shape index (κ2) is 7.51. The van der Waals surface area contributed by atoms with E-state index in [1.165, 1.54) is 46.4 Å². The highest BCUT2D eigenvalue weighted by atomic mass is 35.5. The maximum absolute atomic E-state index is 6.65. The number of rotatable bonds is 1. The van der Waals surface area contributed by atoms with Gasteiger partial charge in [-0.2, -0.15) is 4.98 Å². The molecule has 0 amide bonds. The molecule has 0 atom stereocenters. The lowest BCUT2D eigenvalue weighted by Gasteiger charge is -2.11. The summed E-state index contributed by atoms with van der Waals surface area (Å²) in [5.74, 6) is 0.830. The summed E-state index contributed by atoms with van der Waals surface area (Å²) >= 11 is 10.2. The molecule has 0 fully saturated rings.